The van der Waals surface area contributed by atoms with Crippen molar-refractivity contribution in [2.24, 2.45) is 5.92 Å². The second-order valence-corrected chi connectivity index (χ2v) is 6.31. The van der Waals surface area contributed by atoms with Gasteiger partial charge in [0.25, 0.3) is 5.91 Å². The molecule has 0 aliphatic heterocycles. The van der Waals surface area contributed by atoms with Gasteiger partial charge >= 0.3 is 5.97 Å². The number of esters is 1. The van der Waals surface area contributed by atoms with E-state index in [9.17, 15) is 9.59 Å². The SMILES string of the molecule is Cc1c(C(=O)OCC(=O)N[C@@H](C)C(C)C)oc2ccc(Cl)cc12. The summed E-state index contributed by atoms with van der Waals surface area (Å²) in [4.78, 5) is 23.9. The lowest BCUT2D eigenvalue weighted by Gasteiger charge is -2.17. The first kappa shape index (κ1) is 17.3. The van der Waals surface area contributed by atoms with Crippen LogP contribution in [0.3, 0.4) is 0 Å². The first-order valence-corrected chi connectivity index (χ1v) is 7.82. The van der Waals surface area contributed by atoms with Gasteiger partial charge in [-0.1, -0.05) is 25.4 Å². The lowest BCUT2D eigenvalue weighted by Crippen LogP contribution is -2.38. The number of halogens is 1. The first-order chi connectivity index (χ1) is 10.8. The average Bonchev–Trinajstić information content (AvgIpc) is 2.81. The zero-order chi connectivity index (χ0) is 17.1. The van der Waals surface area contributed by atoms with Gasteiger partial charge in [0.2, 0.25) is 5.76 Å². The number of amides is 1. The number of carbonyl (C=O) groups excluding carboxylic acids is 2. The van der Waals surface area contributed by atoms with Crippen molar-refractivity contribution in [2.45, 2.75) is 33.7 Å². The van der Waals surface area contributed by atoms with Crippen LogP contribution in [0.1, 0.15) is 36.9 Å². The van der Waals surface area contributed by atoms with Crippen LogP contribution in [0.4, 0.5) is 0 Å². The van der Waals surface area contributed by atoms with E-state index in [1.54, 1.807) is 25.1 Å². The van der Waals surface area contributed by atoms with Gasteiger partial charge in [0.1, 0.15) is 5.58 Å². The van der Waals surface area contributed by atoms with Crippen LogP contribution in [0.25, 0.3) is 11.0 Å². The molecule has 0 saturated carbocycles. The molecular weight excluding hydrogens is 318 g/mol. The van der Waals surface area contributed by atoms with Crippen LogP contribution in [0.2, 0.25) is 5.02 Å². The van der Waals surface area contributed by atoms with E-state index in [4.69, 9.17) is 20.8 Å². The Labute approximate surface area is 139 Å². The maximum absolute atomic E-state index is 12.1. The Morgan fingerprint density at radius 1 is 1.30 bits per heavy atom. The summed E-state index contributed by atoms with van der Waals surface area (Å²) >= 11 is 5.95. The van der Waals surface area contributed by atoms with Crippen molar-refractivity contribution in [1.29, 1.82) is 0 Å². The summed E-state index contributed by atoms with van der Waals surface area (Å²) in [5.74, 6) is -0.609. The Morgan fingerprint density at radius 3 is 2.65 bits per heavy atom. The number of ether oxygens (including phenoxy) is 1. The van der Waals surface area contributed by atoms with Crippen LogP contribution >= 0.6 is 11.6 Å². The Kier molecular flexibility index (Phi) is 5.31. The van der Waals surface area contributed by atoms with E-state index in [0.717, 1.165) is 5.39 Å². The quantitative estimate of drug-likeness (QED) is 0.844. The number of furan rings is 1. The standard InChI is InChI=1S/C17H20ClNO4/c1-9(2)11(4)19-15(20)8-22-17(21)16-10(3)13-7-12(18)5-6-14(13)23-16/h5-7,9,11H,8H2,1-4H3,(H,19,20)/t11-/m0/s1. The van der Waals surface area contributed by atoms with E-state index < -0.39 is 5.97 Å². The van der Waals surface area contributed by atoms with Crippen molar-refractivity contribution in [3.8, 4) is 0 Å². The first-order valence-electron chi connectivity index (χ1n) is 7.44. The molecule has 1 atom stereocenters. The smallest absolute Gasteiger partial charge is 0.375 e. The lowest BCUT2D eigenvalue weighted by atomic mass is 10.1. The number of hydrogen-bond donors (Lipinski definition) is 1. The van der Waals surface area contributed by atoms with E-state index in [2.05, 4.69) is 5.32 Å². The maximum Gasteiger partial charge on any atom is 0.375 e. The molecule has 1 amide bonds. The van der Waals surface area contributed by atoms with E-state index >= 15 is 0 Å². The maximum atomic E-state index is 12.1. The number of nitrogens with one attached hydrogen (secondary N) is 1. The Morgan fingerprint density at radius 2 is 2.00 bits per heavy atom. The zero-order valence-electron chi connectivity index (χ0n) is 13.6. The number of aryl methyl sites for hydroxylation is 1. The molecule has 0 bridgehead atoms. The minimum Gasteiger partial charge on any atom is -0.450 e. The summed E-state index contributed by atoms with van der Waals surface area (Å²) in [5, 5.41) is 4.08. The predicted molar refractivity (Wildman–Crippen MR) is 88.7 cm³/mol. The van der Waals surface area contributed by atoms with E-state index in [0.29, 0.717) is 22.1 Å². The Bertz CT molecular complexity index is 736. The highest BCUT2D eigenvalue weighted by Gasteiger charge is 2.20. The second kappa shape index (κ2) is 7.04. The molecule has 0 aliphatic carbocycles. The summed E-state index contributed by atoms with van der Waals surface area (Å²) in [6.07, 6.45) is 0. The molecule has 2 rings (SSSR count). The molecule has 0 aliphatic rings. The highest BCUT2D eigenvalue weighted by atomic mass is 35.5. The van der Waals surface area contributed by atoms with Crippen LogP contribution in [0.5, 0.6) is 0 Å². The molecule has 6 heteroatoms. The Balaban J connectivity index is 2.04. The van der Waals surface area contributed by atoms with Crippen molar-refractivity contribution in [2.75, 3.05) is 6.61 Å². The Hall–Kier alpha value is -2.01. The molecule has 0 fully saturated rings. The molecule has 0 spiro atoms. The summed E-state index contributed by atoms with van der Waals surface area (Å²) in [7, 11) is 0. The fourth-order valence-corrected chi connectivity index (χ4v) is 2.22. The van der Waals surface area contributed by atoms with Crippen LogP contribution in [0.15, 0.2) is 22.6 Å². The number of benzene rings is 1. The largest absolute Gasteiger partial charge is 0.450 e. The van der Waals surface area contributed by atoms with Crippen LogP contribution in [-0.4, -0.2) is 24.5 Å². The number of rotatable bonds is 5. The minimum absolute atomic E-state index is 0.0104. The van der Waals surface area contributed by atoms with Crippen molar-refractivity contribution in [1.82, 2.24) is 5.32 Å². The van der Waals surface area contributed by atoms with Crippen LogP contribution in [0, 0.1) is 12.8 Å². The normalized spacial score (nSPS) is 12.4. The van der Waals surface area contributed by atoms with Crippen molar-refractivity contribution < 1.29 is 18.7 Å². The van der Waals surface area contributed by atoms with Gasteiger partial charge in [-0.25, -0.2) is 4.79 Å². The molecule has 2 aromatic rings. The van der Waals surface area contributed by atoms with Gasteiger partial charge < -0.3 is 14.5 Å². The van der Waals surface area contributed by atoms with Gasteiger partial charge in [-0.05, 0) is 38.0 Å². The highest BCUT2D eigenvalue weighted by Crippen LogP contribution is 2.28. The lowest BCUT2D eigenvalue weighted by molar-refractivity contribution is -0.125. The molecule has 1 heterocycles. The molecule has 5 nitrogen and oxygen atoms in total. The molecule has 0 radical (unpaired) electrons. The molecule has 1 aromatic heterocycles. The van der Waals surface area contributed by atoms with Gasteiger partial charge in [0.15, 0.2) is 6.61 Å². The zero-order valence-corrected chi connectivity index (χ0v) is 14.4. The van der Waals surface area contributed by atoms with E-state index in [1.165, 1.54) is 0 Å². The van der Waals surface area contributed by atoms with Crippen molar-refractivity contribution in [3.05, 3.63) is 34.5 Å². The third-order valence-corrected chi connectivity index (χ3v) is 4.04. The van der Waals surface area contributed by atoms with Crippen LogP contribution < -0.4 is 5.32 Å². The number of hydrogen-bond acceptors (Lipinski definition) is 4. The number of fused-ring (bicyclic) bond motifs is 1. The molecule has 1 aromatic carbocycles. The third-order valence-electron chi connectivity index (χ3n) is 3.81. The fraction of sp³-hybridized carbons (Fsp3) is 0.412. The molecule has 23 heavy (non-hydrogen) atoms. The summed E-state index contributed by atoms with van der Waals surface area (Å²) < 4.78 is 10.5. The topological polar surface area (TPSA) is 68.5 Å². The predicted octanol–water partition coefficient (Wildman–Crippen LogP) is 3.71. The monoisotopic (exact) mass is 337 g/mol. The van der Waals surface area contributed by atoms with Crippen molar-refractivity contribution >= 4 is 34.4 Å². The van der Waals surface area contributed by atoms with Crippen molar-refractivity contribution in [3.63, 3.8) is 0 Å². The van der Waals surface area contributed by atoms with Gasteiger partial charge in [-0.15, -0.1) is 0 Å². The third kappa shape index (κ3) is 4.05. The van der Waals surface area contributed by atoms with E-state index in [1.807, 2.05) is 20.8 Å². The molecule has 0 unspecified atom stereocenters. The molecule has 0 saturated heterocycles. The fourth-order valence-electron chi connectivity index (χ4n) is 2.05. The van der Waals surface area contributed by atoms with E-state index in [-0.39, 0.29) is 24.3 Å². The molecule has 1 N–H and O–H groups in total. The van der Waals surface area contributed by atoms with Gasteiger partial charge in [0, 0.05) is 22.0 Å². The van der Waals surface area contributed by atoms with Gasteiger partial charge in [0.05, 0.1) is 0 Å². The summed E-state index contributed by atoms with van der Waals surface area (Å²) in [6.45, 7) is 7.31. The average molecular weight is 338 g/mol. The summed E-state index contributed by atoms with van der Waals surface area (Å²) in [6, 6.07) is 5.11. The van der Waals surface area contributed by atoms with Gasteiger partial charge in [-0.3, -0.25) is 4.79 Å². The summed E-state index contributed by atoms with van der Waals surface area (Å²) in [5.41, 5.74) is 1.19. The van der Waals surface area contributed by atoms with Crippen LogP contribution in [-0.2, 0) is 9.53 Å². The molecule has 124 valence electrons. The number of carbonyl (C=O) groups is 2. The second-order valence-electron chi connectivity index (χ2n) is 5.87. The van der Waals surface area contributed by atoms with Gasteiger partial charge in [-0.2, -0.15) is 0 Å². The highest BCUT2D eigenvalue weighted by molar-refractivity contribution is 6.31. The minimum atomic E-state index is -0.665. The molecular formula is C17H20ClNO4.